The molecule has 1 saturated heterocycles. The van der Waals surface area contributed by atoms with Gasteiger partial charge in [0.25, 0.3) is 5.91 Å². The van der Waals surface area contributed by atoms with E-state index in [0.29, 0.717) is 20.7 Å². The first-order chi connectivity index (χ1) is 12.0. The molecule has 3 rings (SSSR count). The number of methoxy groups -OCH3 is 2. The van der Waals surface area contributed by atoms with E-state index in [1.807, 2.05) is 30.3 Å². The average Bonchev–Trinajstić information content (AvgIpc) is 2.89. The number of carbonyl (C=O) groups excluding carboxylic acids is 1. The zero-order valence-electron chi connectivity index (χ0n) is 13.5. The quantitative estimate of drug-likeness (QED) is 0.505. The molecule has 1 aliphatic rings. The summed E-state index contributed by atoms with van der Waals surface area (Å²) >= 11 is 10.1. The topological polar surface area (TPSA) is 38.8 Å². The van der Waals surface area contributed by atoms with Crippen LogP contribution in [0, 0.1) is 0 Å². The number of ether oxygens (including phenoxy) is 2. The summed E-state index contributed by atoms with van der Waals surface area (Å²) in [5.41, 5.74) is 1.53. The Balaban J connectivity index is 1.94. The summed E-state index contributed by atoms with van der Waals surface area (Å²) in [4.78, 5) is 14.9. The van der Waals surface area contributed by atoms with E-state index in [9.17, 15) is 4.79 Å². The minimum Gasteiger partial charge on any atom is -0.497 e. The molecule has 0 spiro atoms. The maximum Gasteiger partial charge on any atom is 0.270 e. The maximum atomic E-state index is 12.8. The second-order valence-electron chi connectivity index (χ2n) is 5.10. The van der Waals surface area contributed by atoms with Gasteiger partial charge in [-0.05, 0) is 48.5 Å². The zero-order valence-corrected chi connectivity index (χ0v) is 16.7. The van der Waals surface area contributed by atoms with Gasteiger partial charge in [-0.1, -0.05) is 39.9 Å². The van der Waals surface area contributed by atoms with Crippen LogP contribution in [0.4, 0.5) is 5.69 Å². The molecule has 2 aromatic rings. The molecular formula is C18H14BrNO3S2. The van der Waals surface area contributed by atoms with Crippen LogP contribution in [-0.2, 0) is 4.79 Å². The number of thioether (sulfide) groups is 1. The summed E-state index contributed by atoms with van der Waals surface area (Å²) in [6.07, 6.45) is 1.80. The predicted molar refractivity (Wildman–Crippen MR) is 109 cm³/mol. The Labute approximate surface area is 163 Å². The van der Waals surface area contributed by atoms with Crippen LogP contribution in [0.2, 0.25) is 0 Å². The third kappa shape index (κ3) is 3.73. The number of hydrogen-bond donors (Lipinski definition) is 0. The fourth-order valence-corrected chi connectivity index (χ4v) is 4.05. The number of benzene rings is 2. The molecular weight excluding hydrogens is 422 g/mol. The average molecular weight is 436 g/mol. The molecule has 1 fully saturated rings. The molecule has 4 nitrogen and oxygen atoms in total. The van der Waals surface area contributed by atoms with Crippen LogP contribution < -0.4 is 14.4 Å². The van der Waals surface area contributed by atoms with E-state index in [4.69, 9.17) is 21.7 Å². The summed E-state index contributed by atoms with van der Waals surface area (Å²) < 4.78 is 11.9. The standard InChI is InChI=1S/C18H14BrNO3S2/c1-22-14-6-4-13(5-7-14)20-17(21)16(25-18(20)24)10-11-9-12(19)3-8-15(11)23-2/h3-10H,1-2H3. The molecule has 0 saturated carbocycles. The van der Waals surface area contributed by atoms with E-state index < -0.39 is 0 Å². The summed E-state index contributed by atoms with van der Waals surface area (Å²) in [5.74, 6) is 1.27. The monoisotopic (exact) mass is 435 g/mol. The van der Waals surface area contributed by atoms with Crippen LogP contribution in [0.5, 0.6) is 11.5 Å². The first-order valence-corrected chi connectivity index (χ1v) is 9.31. The number of anilines is 1. The highest BCUT2D eigenvalue weighted by Gasteiger charge is 2.33. The molecule has 128 valence electrons. The Hall–Kier alpha value is -1.83. The number of thiocarbonyl (C=S) groups is 1. The van der Waals surface area contributed by atoms with Gasteiger partial charge in [0.05, 0.1) is 24.8 Å². The lowest BCUT2D eigenvalue weighted by atomic mass is 10.2. The van der Waals surface area contributed by atoms with Gasteiger partial charge in [0.2, 0.25) is 0 Å². The Morgan fingerprint density at radius 1 is 1.12 bits per heavy atom. The lowest BCUT2D eigenvalue weighted by molar-refractivity contribution is -0.113. The van der Waals surface area contributed by atoms with E-state index >= 15 is 0 Å². The second kappa shape index (κ2) is 7.59. The summed E-state index contributed by atoms with van der Waals surface area (Å²) in [6, 6.07) is 12.9. The van der Waals surface area contributed by atoms with E-state index in [1.54, 1.807) is 32.4 Å². The van der Waals surface area contributed by atoms with Gasteiger partial charge in [-0.3, -0.25) is 9.69 Å². The number of rotatable bonds is 4. The molecule has 25 heavy (non-hydrogen) atoms. The number of nitrogens with zero attached hydrogens (tertiary/aromatic N) is 1. The van der Waals surface area contributed by atoms with Gasteiger partial charge in [0.15, 0.2) is 4.32 Å². The zero-order chi connectivity index (χ0) is 18.0. The van der Waals surface area contributed by atoms with Crippen LogP contribution in [0.1, 0.15) is 5.56 Å². The minimum absolute atomic E-state index is 0.151. The molecule has 0 aromatic heterocycles. The van der Waals surface area contributed by atoms with Crippen LogP contribution >= 0.6 is 39.9 Å². The maximum absolute atomic E-state index is 12.8. The van der Waals surface area contributed by atoms with Crippen LogP contribution in [0.25, 0.3) is 6.08 Å². The molecule has 7 heteroatoms. The molecule has 0 bridgehead atoms. The molecule has 1 amide bonds. The van der Waals surface area contributed by atoms with Gasteiger partial charge in [-0.25, -0.2) is 0 Å². The number of hydrogen-bond acceptors (Lipinski definition) is 5. The Morgan fingerprint density at radius 2 is 1.84 bits per heavy atom. The first kappa shape index (κ1) is 18.0. The molecule has 0 atom stereocenters. The largest absolute Gasteiger partial charge is 0.497 e. The van der Waals surface area contributed by atoms with E-state index in [-0.39, 0.29) is 5.91 Å². The summed E-state index contributed by atoms with van der Waals surface area (Å²) in [6.45, 7) is 0. The molecule has 0 aliphatic carbocycles. The van der Waals surface area contributed by atoms with Crippen molar-refractivity contribution in [3.8, 4) is 11.5 Å². The van der Waals surface area contributed by atoms with E-state index in [1.165, 1.54) is 16.7 Å². The SMILES string of the molecule is COc1ccc(N2C(=O)C(=Cc3cc(Br)ccc3OC)SC2=S)cc1. The fourth-order valence-electron chi connectivity index (χ4n) is 2.38. The van der Waals surface area contributed by atoms with Crippen LogP contribution in [-0.4, -0.2) is 24.4 Å². The smallest absolute Gasteiger partial charge is 0.270 e. The minimum atomic E-state index is -0.151. The van der Waals surface area contributed by atoms with Crippen molar-refractivity contribution in [1.82, 2.24) is 0 Å². The van der Waals surface area contributed by atoms with Crippen molar-refractivity contribution in [2.75, 3.05) is 19.1 Å². The van der Waals surface area contributed by atoms with Gasteiger partial charge in [0, 0.05) is 10.0 Å². The van der Waals surface area contributed by atoms with Gasteiger partial charge >= 0.3 is 0 Å². The van der Waals surface area contributed by atoms with Crippen molar-refractivity contribution in [3.63, 3.8) is 0 Å². The van der Waals surface area contributed by atoms with E-state index in [0.717, 1.165) is 15.8 Å². The Kier molecular flexibility index (Phi) is 5.46. The van der Waals surface area contributed by atoms with Gasteiger partial charge < -0.3 is 9.47 Å². The number of halogens is 1. The molecule has 0 N–H and O–H groups in total. The Morgan fingerprint density at radius 3 is 2.48 bits per heavy atom. The van der Waals surface area contributed by atoms with Crippen molar-refractivity contribution in [3.05, 3.63) is 57.4 Å². The van der Waals surface area contributed by atoms with Crippen LogP contribution in [0.3, 0.4) is 0 Å². The third-order valence-corrected chi connectivity index (χ3v) is 5.40. The highest BCUT2D eigenvalue weighted by Crippen LogP contribution is 2.37. The summed E-state index contributed by atoms with van der Waals surface area (Å²) in [5, 5.41) is 0. The summed E-state index contributed by atoms with van der Waals surface area (Å²) in [7, 11) is 3.20. The Bertz CT molecular complexity index is 865. The normalized spacial score (nSPS) is 15.8. The highest BCUT2D eigenvalue weighted by molar-refractivity contribution is 9.10. The van der Waals surface area contributed by atoms with Crippen molar-refractivity contribution < 1.29 is 14.3 Å². The highest BCUT2D eigenvalue weighted by atomic mass is 79.9. The second-order valence-corrected chi connectivity index (χ2v) is 7.69. The lowest BCUT2D eigenvalue weighted by Gasteiger charge is -2.14. The van der Waals surface area contributed by atoms with E-state index in [2.05, 4.69) is 15.9 Å². The third-order valence-electron chi connectivity index (χ3n) is 3.60. The number of carbonyl (C=O) groups is 1. The van der Waals surface area contributed by atoms with Crippen molar-refractivity contribution in [1.29, 1.82) is 0 Å². The van der Waals surface area contributed by atoms with Crippen molar-refractivity contribution >= 4 is 61.9 Å². The molecule has 2 aromatic carbocycles. The van der Waals surface area contributed by atoms with Crippen molar-refractivity contribution in [2.45, 2.75) is 0 Å². The first-order valence-electron chi connectivity index (χ1n) is 7.29. The van der Waals surface area contributed by atoms with Gasteiger partial charge in [-0.2, -0.15) is 0 Å². The van der Waals surface area contributed by atoms with Gasteiger partial charge in [0.1, 0.15) is 11.5 Å². The molecule has 1 aliphatic heterocycles. The molecule has 0 unspecified atom stereocenters. The molecule has 0 radical (unpaired) electrons. The number of amides is 1. The fraction of sp³-hybridized carbons (Fsp3) is 0.111. The molecule has 1 heterocycles. The van der Waals surface area contributed by atoms with Crippen molar-refractivity contribution in [2.24, 2.45) is 0 Å². The predicted octanol–water partition coefficient (Wildman–Crippen LogP) is 4.87. The van der Waals surface area contributed by atoms with Gasteiger partial charge in [-0.15, -0.1) is 0 Å². The van der Waals surface area contributed by atoms with Crippen LogP contribution in [0.15, 0.2) is 51.8 Å². The lowest BCUT2D eigenvalue weighted by Crippen LogP contribution is -2.27.